The van der Waals surface area contributed by atoms with Gasteiger partial charge in [-0.25, -0.2) is 4.99 Å². The van der Waals surface area contributed by atoms with Crippen LogP contribution in [0, 0.1) is 13.8 Å². The van der Waals surface area contributed by atoms with Gasteiger partial charge in [0, 0.05) is 33.7 Å². The summed E-state index contributed by atoms with van der Waals surface area (Å²) in [4.78, 5) is 18.2. The third-order valence-corrected chi connectivity index (χ3v) is 8.79. The molecule has 1 fully saturated rings. The summed E-state index contributed by atoms with van der Waals surface area (Å²) >= 11 is 4.98. The summed E-state index contributed by atoms with van der Waals surface area (Å²) < 4.78 is 3.35. The van der Waals surface area contributed by atoms with Gasteiger partial charge in [0.1, 0.15) is 0 Å². The standard InChI is InChI=1S/C31H24BrN3OS/c1-19-14-24(15-20(2)29(19)32)33-31-34-30(36)28(37-31)16-23-18-35(27-13-6-5-12-26(23)27)17-22-10-7-9-21-8-3-4-11-25(21)22/h3-16,18H,17H2,1-2H3,(H,33,34,36)/b28-16-. The Kier molecular flexibility index (Phi) is 6.22. The Bertz CT molecular complexity index is 1740. The molecule has 1 amide bonds. The molecule has 6 heteroatoms. The van der Waals surface area contributed by atoms with Gasteiger partial charge in [0.25, 0.3) is 5.91 Å². The second-order valence-corrected chi connectivity index (χ2v) is 11.1. The number of thioether (sulfide) groups is 1. The molecule has 0 atom stereocenters. The van der Waals surface area contributed by atoms with Crippen molar-refractivity contribution in [3.8, 4) is 0 Å². The van der Waals surface area contributed by atoms with E-state index in [1.165, 1.54) is 28.1 Å². The van der Waals surface area contributed by atoms with Crippen LogP contribution >= 0.6 is 27.7 Å². The molecule has 2 heterocycles. The van der Waals surface area contributed by atoms with E-state index in [4.69, 9.17) is 4.99 Å². The molecule has 0 radical (unpaired) electrons. The van der Waals surface area contributed by atoms with Gasteiger partial charge in [-0.05, 0) is 77.3 Å². The van der Waals surface area contributed by atoms with Crippen LogP contribution in [-0.2, 0) is 11.3 Å². The molecule has 0 unspecified atom stereocenters. The van der Waals surface area contributed by atoms with Crippen LogP contribution in [-0.4, -0.2) is 15.6 Å². The third-order valence-electron chi connectivity index (χ3n) is 6.63. The largest absolute Gasteiger partial charge is 0.342 e. The molecule has 1 N–H and O–H groups in total. The first-order valence-corrected chi connectivity index (χ1v) is 13.7. The first-order valence-electron chi connectivity index (χ1n) is 12.1. The number of aromatic nitrogens is 1. The van der Waals surface area contributed by atoms with E-state index in [0.717, 1.165) is 44.3 Å². The fraction of sp³-hybridized carbons (Fsp3) is 0.0968. The minimum Gasteiger partial charge on any atom is -0.342 e. The van der Waals surface area contributed by atoms with Crippen molar-refractivity contribution in [2.75, 3.05) is 0 Å². The Morgan fingerprint density at radius 1 is 0.946 bits per heavy atom. The first-order chi connectivity index (χ1) is 18.0. The number of hydrogen-bond donors (Lipinski definition) is 1. The van der Waals surface area contributed by atoms with Gasteiger partial charge in [0.15, 0.2) is 5.17 Å². The summed E-state index contributed by atoms with van der Waals surface area (Å²) in [5.74, 6) is -0.125. The van der Waals surface area contributed by atoms with Crippen molar-refractivity contribution in [1.29, 1.82) is 0 Å². The molecular formula is C31H24BrN3OS. The smallest absolute Gasteiger partial charge is 0.264 e. The Morgan fingerprint density at radius 2 is 1.65 bits per heavy atom. The third kappa shape index (κ3) is 4.63. The highest BCUT2D eigenvalue weighted by Crippen LogP contribution is 2.33. The minimum atomic E-state index is -0.125. The highest BCUT2D eigenvalue weighted by atomic mass is 79.9. The number of amides is 1. The number of nitrogens with zero attached hydrogens (tertiary/aromatic N) is 2. The van der Waals surface area contributed by atoms with Crippen molar-refractivity contribution in [3.63, 3.8) is 0 Å². The number of aryl methyl sites for hydroxylation is 2. The Balaban J connectivity index is 1.35. The average Bonchev–Trinajstić information content (AvgIpc) is 3.42. The number of halogens is 1. The summed E-state index contributed by atoms with van der Waals surface area (Å²) in [6, 6.07) is 27.3. The van der Waals surface area contributed by atoms with E-state index in [2.05, 4.69) is 92.7 Å². The zero-order chi connectivity index (χ0) is 25.5. The molecule has 0 spiro atoms. The monoisotopic (exact) mass is 565 g/mol. The molecule has 4 aromatic carbocycles. The maximum absolute atomic E-state index is 12.9. The molecule has 1 aromatic heterocycles. The van der Waals surface area contributed by atoms with Crippen LogP contribution in [0.2, 0.25) is 0 Å². The summed E-state index contributed by atoms with van der Waals surface area (Å²) in [5.41, 5.74) is 6.48. The fourth-order valence-corrected chi connectivity index (χ4v) is 5.92. The van der Waals surface area contributed by atoms with E-state index in [-0.39, 0.29) is 5.91 Å². The highest BCUT2D eigenvalue weighted by Gasteiger charge is 2.24. The topological polar surface area (TPSA) is 46.4 Å². The summed E-state index contributed by atoms with van der Waals surface area (Å²) in [5, 5.41) is 7.14. The van der Waals surface area contributed by atoms with Gasteiger partial charge in [0.2, 0.25) is 0 Å². The number of hydrogen-bond acceptors (Lipinski definition) is 3. The molecule has 1 aliphatic rings. The van der Waals surface area contributed by atoms with Crippen LogP contribution in [0.1, 0.15) is 22.3 Å². The number of carbonyl (C=O) groups excluding carboxylic acids is 1. The predicted molar refractivity (Wildman–Crippen MR) is 159 cm³/mol. The lowest BCUT2D eigenvalue weighted by molar-refractivity contribution is -0.115. The van der Waals surface area contributed by atoms with Gasteiger partial charge in [-0.15, -0.1) is 0 Å². The predicted octanol–water partition coefficient (Wildman–Crippen LogP) is 8.11. The molecule has 1 aliphatic heterocycles. The molecule has 37 heavy (non-hydrogen) atoms. The Morgan fingerprint density at radius 3 is 2.46 bits per heavy atom. The van der Waals surface area contributed by atoms with Crippen molar-refractivity contribution in [3.05, 3.63) is 117 Å². The Hall–Kier alpha value is -3.61. The van der Waals surface area contributed by atoms with Crippen molar-refractivity contribution in [2.24, 2.45) is 4.99 Å². The number of rotatable bonds is 4. The van der Waals surface area contributed by atoms with E-state index in [9.17, 15) is 4.79 Å². The number of carbonyl (C=O) groups is 1. The summed E-state index contributed by atoms with van der Waals surface area (Å²) in [7, 11) is 0. The number of aliphatic imine (C=N–C) groups is 1. The van der Waals surface area contributed by atoms with Crippen LogP contribution in [0.15, 0.2) is 99.4 Å². The van der Waals surface area contributed by atoms with E-state index in [1.54, 1.807) is 0 Å². The zero-order valence-corrected chi connectivity index (χ0v) is 22.9. The maximum atomic E-state index is 12.9. The number of fused-ring (bicyclic) bond motifs is 2. The molecule has 0 aliphatic carbocycles. The minimum absolute atomic E-state index is 0.125. The van der Waals surface area contributed by atoms with Gasteiger partial charge in [0.05, 0.1) is 10.6 Å². The highest BCUT2D eigenvalue weighted by molar-refractivity contribution is 9.10. The normalized spacial score (nSPS) is 15.8. The van der Waals surface area contributed by atoms with E-state index in [0.29, 0.717) is 10.1 Å². The van der Waals surface area contributed by atoms with Gasteiger partial charge < -0.3 is 9.88 Å². The van der Waals surface area contributed by atoms with Crippen LogP contribution < -0.4 is 5.32 Å². The molecule has 6 rings (SSSR count). The molecule has 1 saturated heterocycles. The lowest BCUT2D eigenvalue weighted by Gasteiger charge is -2.09. The number of nitrogens with one attached hydrogen (secondary N) is 1. The van der Waals surface area contributed by atoms with Gasteiger partial charge >= 0.3 is 0 Å². The SMILES string of the molecule is Cc1cc(N=C2NC(=O)/C(=C/c3cn(Cc4cccc5ccccc45)c4ccccc34)S2)cc(C)c1Br. The zero-order valence-electron chi connectivity index (χ0n) is 20.5. The molecular weight excluding hydrogens is 542 g/mol. The van der Waals surface area contributed by atoms with Crippen molar-refractivity contribution < 1.29 is 4.79 Å². The molecule has 0 bridgehead atoms. The van der Waals surface area contributed by atoms with Crippen molar-refractivity contribution in [2.45, 2.75) is 20.4 Å². The number of amidine groups is 1. The van der Waals surface area contributed by atoms with Gasteiger partial charge in [-0.3, -0.25) is 4.79 Å². The van der Waals surface area contributed by atoms with E-state index in [1.807, 2.05) is 38.1 Å². The molecule has 0 saturated carbocycles. The quantitative estimate of drug-likeness (QED) is 0.224. The van der Waals surface area contributed by atoms with Crippen LogP contribution in [0.25, 0.3) is 27.8 Å². The molecule has 182 valence electrons. The fourth-order valence-electron chi connectivity index (χ4n) is 4.86. The number of para-hydroxylation sites is 1. The second kappa shape index (κ2) is 9.69. The Labute approximate surface area is 228 Å². The van der Waals surface area contributed by atoms with Gasteiger partial charge in [-0.2, -0.15) is 0 Å². The van der Waals surface area contributed by atoms with E-state index < -0.39 is 0 Å². The summed E-state index contributed by atoms with van der Waals surface area (Å²) in [6.07, 6.45) is 4.12. The van der Waals surface area contributed by atoms with Crippen molar-refractivity contribution >= 4 is 72.2 Å². The van der Waals surface area contributed by atoms with Crippen LogP contribution in [0.4, 0.5) is 5.69 Å². The van der Waals surface area contributed by atoms with Gasteiger partial charge in [-0.1, -0.05) is 76.6 Å². The van der Waals surface area contributed by atoms with E-state index >= 15 is 0 Å². The maximum Gasteiger partial charge on any atom is 0.264 e. The lowest BCUT2D eigenvalue weighted by Crippen LogP contribution is -2.19. The summed E-state index contributed by atoms with van der Waals surface area (Å²) in [6.45, 7) is 4.83. The molecule has 4 nitrogen and oxygen atoms in total. The van der Waals surface area contributed by atoms with Crippen molar-refractivity contribution in [1.82, 2.24) is 9.88 Å². The average molecular weight is 567 g/mol. The van der Waals surface area contributed by atoms with Crippen LogP contribution in [0.3, 0.4) is 0 Å². The van der Waals surface area contributed by atoms with Crippen LogP contribution in [0.5, 0.6) is 0 Å². The molecule has 5 aromatic rings. The first kappa shape index (κ1) is 23.8. The lowest BCUT2D eigenvalue weighted by atomic mass is 10.0. The second-order valence-electron chi connectivity index (χ2n) is 9.24. The number of benzene rings is 4.